The second-order valence-electron chi connectivity index (χ2n) is 4.87. The molecular weight excluding hydrogens is 216 g/mol. The highest BCUT2D eigenvalue weighted by molar-refractivity contribution is 5.80. The number of fused-ring (bicyclic) bond motifs is 1. The molecule has 1 aromatic heterocycles. The molecule has 0 aliphatic heterocycles. The smallest absolute Gasteiger partial charge is 0.336 e. The third-order valence-electron chi connectivity index (χ3n) is 2.70. The topological polar surface area (TPSA) is 47.3 Å². The van der Waals surface area contributed by atoms with Crippen molar-refractivity contribution in [1.82, 2.24) is 0 Å². The van der Waals surface area contributed by atoms with Crippen molar-refractivity contribution in [3.63, 3.8) is 0 Å². The standard InChI is InChI=1S/C14H14O3/c1-14(2,9-15)8-10-7-13(16)17-12-6-4-3-5-11(10)12/h3-7,9H,8H2,1-2H3. The number of hydrogen-bond donors (Lipinski definition) is 0. The molecule has 0 fully saturated rings. The lowest BCUT2D eigenvalue weighted by Crippen LogP contribution is -2.17. The maximum atomic E-state index is 11.4. The van der Waals surface area contributed by atoms with E-state index in [1.54, 1.807) is 6.07 Å². The fourth-order valence-electron chi connectivity index (χ4n) is 1.86. The maximum absolute atomic E-state index is 11.4. The van der Waals surface area contributed by atoms with Gasteiger partial charge in [-0.3, -0.25) is 0 Å². The Hall–Kier alpha value is -1.90. The van der Waals surface area contributed by atoms with Gasteiger partial charge in [-0.05, 0) is 18.1 Å². The van der Waals surface area contributed by atoms with E-state index in [1.165, 1.54) is 6.07 Å². The zero-order valence-electron chi connectivity index (χ0n) is 9.90. The molecule has 2 rings (SSSR count). The first-order chi connectivity index (χ1) is 8.02. The van der Waals surface area contributed by atoms with Crippen LogP contribution in [-0.4, -0.2) is 6.29 Å². The molecule has 0 aliphatic carbocycles. The van der Waals surface area contributed by atoms with E-state index in [1.807, 2.05) is 32.0 Å². The van der Waals surface area contributed by atoms with Gasteiger partial charge in [0.15, 0.2) is 0 Å². The Balaban J connectivity index is 2.60. The Morgan fingerprint density at radius 2 is 2.00 bits per heavy atom. The van der Waals surface area contributed by atoms with Crippen LogP contribution in [0.15, 0.2) is 39.5 Å². The van der Waals surface area contributed by atoms with Crippen LogP contribution in [0, 0.1) is 5.41 Å². The summed E-state index contributed by atoms with van der Waals surface area (Å²) in [6.45, 7) is 3.70. The van der Waals surface area contributed by atoms with Gasteiger partial charge in [0.1, 0.15) is 11.9 Å². The molecule has 1 aromatic carbocycles. The lowest BCUT2D eigenvalue weighted by Gasteiger charge is -2.17. The Kier molecular flexibility index (Phi) is 2.84. The highest BCUT2D eigenvalue weighted by Crippen LogP contribution is 2.24. The summed E-state index contributed by atoms with van der Waals surface area (Å²) in [5.74, 6) is 0. The van der Waals surface area contributed by atoms with Gasteiger partial charge in [0, 0.05) is 16.9 Å². The van der Waals surface area contributed by atoms with E-state index < -0.39 is 5.41 Å². The number of hydrogen-bond acceptors (Lipinski definition) is 3. The predicted octanol–water partition coefficient (Wildman–Crippen LogP) is 2.56. The summed E-state index contributed by atoms with van der Waals surface area (Å²) in [5, 5.41) is 0.891. The van der Waals surface area contributed by atoms with Gasteiger partial charge in [-0.1, -0.05) is 32.0 Å². The maximum Gasteiger partial charge on any atom is 0.336 e. The lowest BCUT2D eigenvalue weighted by molar-refractivity contribution is -0.114. The normalized spacial score (nSPS) is 11.6. The van der Waals surface area contributed by atoms with Gasteiger partial charge >= 0.3 is 5.63 Å². The van der Waals surface area contributed by atoms with Crippen molar-refractivity contribution in [3.05, 3.63) is 46.3 Å². The Morgan fingerprint density at radius 3 is 2.71 bits per heavy atom. The van der Waals surface area contributed by atoms with Crippen molar-refractivity contribution in [2.24, 2.45) is 5.41 Å². The molecule has 0 unspecified atom stereocenters. The summed E-state index contributed by atoms with van der Waals surface area (Å²) in [6, 6.07) is 8.83. The molecule has 3 nitrogen and oxygen atoms in total. The van der Waals surface area contributed by atoms with Crippen molar-refractivity contribution in [3.8, 4) is 0 Å². The number of benzene rings is 1. The monoisotopic (exact) mass is 230 g/mol. The van der Waals surface area contributed by atoms with Crippen LogP contribution in [0.2, 0.25) is 0 Å². The third kappa shape index (κ3) is 2.44. The summed E-state index contributed by atoms with van der Waals surface area (Å²) in [5.41, 5.74) is 0.572. The molecule has 2 aromatic rings. The zero-order chi connectivity index (χ0) is 12.5. The molecule has 88 valence electrons. The van der Waals surface area contributed by atoms with Gasteiger partial charge in [-0.15, -0.1) is 0 Å². The number of carbonyl (C=O) groups excluding carboxylic acids is 1. The van der Waals surface area contributed by atoms with E-state index >= 15 is 0 Å². The Labute approximate surface area is 99.1 Å². The van der Waals surface area contributed by atoms with Crippen LogP contribution in [0.3, 0.4) is 0 Å². The van der Waals surface area contributed by atoms with Gasteiger partial charge in [-0.2, -0.15) is 0 Å². The van der Waals surface area contributed by atoms with Crippen LogP contribution in [0.4, 0.5) is 0 Å². The summed E-state index contributed by atoms with van der Waals surface area (Å²) < 4.78 is 5.11. The van der Waals surface area contributed by atoms with Crippen molar-refractivity contribution in [2.45, 2.75) is 20.3 Å². The van der Waals surface area contributed by atoms with Crippen LogP contribution in [0.1, 0.15) is 19.4 Å². The van der Waals surface area contributed by atoms with Crippen LogP contribution in [-0.2, 0) is 11.2 Å². The molecule has 0 saturated heterocycles. The fourth-order valence-corrected chi connectivity index (χ4v) is 1.86. The fraction of sp³-hybridized carbons (Fsp3) is 0.286. The minimum absolute atomic E-state index is 0.375. The summed E-state index contributed by atoms with van der Waals surface area (Å²) in [7, 11) is 0. The van der Waals surface area contributed by atoms with Gasteiger partial charge < -0.3 is 9.21 Å². The molecule has 3 heteroatoms. The predicted molar refractivity (Wildman–Crippen MR) is 66.0 cm³/mol. The van der Waals surface area contributed by atoms with Gasteiger partial charge in [-0.25, -0.2) is 4.79 Å². The molecule has 0 radical (unpaired) electrons. The average molecular weight is 230 g/mol. The quantitative estimate of drug-likeness (QED) is 0.601. The number of rotatable bonds is 3. The van der Waals surface area contributed by atoms with E-state index in [9.17, 15) is 9.59 Å². The van der Waals surface area contributed by atoms with Crippen LogP contribution < -0.4 is 5.63 Å². The molecule has 0 saturated carbocycles. The van der Waals surface area contributed by atoms with Crippen LogP contribution in [0.5, 0.6) is 0 Å². The van der Waals surface area contributed by atoms with E-state index in [2.05, 4.69) is 0 Å². The van der Waals surface area contributed by atoms with Gasteiger partial charge in [0.05, 0.1) is 0 Å². The van der Waals surface area contributed by atoms with E-state index in [4.69, 9.17) is 4.42 Å². The molecule has 17 heavy (non-hydrogen) atoms. The summed E-state index contributed by atoms with van der Waals surface area (Å²) >= 11 is 0. The molecular formula is C14H14O3. The van der Waals surface area contributed by atoms with Crippen molar-refractivity contribution in [2.75, 3.05) is 0 Å². The van der Waals surface area contributed by atoms with E-state index in [-0.39, 0.29) is 5.63 Å². The van der Waals surface area contributed by atoms with E-state index in [0.717, 1.165) is 17.2 Å². The molecule has 1 heterocycles. The lowest BCUT2D eigenvalue weighted by atomic mass is 9.86. The zero-order valence-corrected chi connectivity index (χ0v) is 9.90. The van der Waals surface area contributed by atoms with E-state index in [0.29, 0.717) is 12.0 Å². The molecule has 0 N–H and O–H groups in total. The summed E-state index contributed by atoms with van der Waals surface area (Å²) in [4.78, 5) is 22.4. The van der Waals surface area contributed by atoms with Gasteiger partial charge in [0.2, 0.25) is 0 Å². The Morgan fingerprint density at radius 1 is 1.29 bits per heavy atom. The molecule has 0 spiro atoms. The second kappa shape index (κ2) is 4.17. The first-order valence-corrected chi connectivity index (χ1v) is 5.50. The second-order valence-corrected chi connectivity index (χ2v) is 4.87. The molecule has 0 amide bonds. The average Bonchev–Trinajstić information content (AvgIpc) is 2.28. The highest BCUT2D eigenvalue weighted by atomic mass is 16.4. The number of carbonyl (C=O) groups is 1. The van der Waals surface area contributed by atoms with Crippen molar-refractivity contribution in [1.29, 1.82) is 0 Å². The van der Waals surface area contributed by atoms with Crippen molar-refractivity contribution < 1.29 is 9.21 Å². The van der Waals surface area contributed by atoms with Crippen LogP contribution in [0.25, 0.3) is 11.0 Å². The van der Waals surface area contributed by atoms with Crippen LogP contribution >= 0.6 is 0 Å². The minimum Gasteiger partial charge on any atom is -0.423 e. The minimum atomic E-state index is -0.476. The number of para-hydroxylation sites is 1. The molecule has 0 bridgehead atoms. The highest BCUT2D eigenvalue weighted by Gasteiger charge is 2.19. The SMILES string of the molecule is CC(C)(C=O)Cc1cc(=O)oc2ccccc12. The summed E-state index contributed by atoms with van der Waals surface area (Å²) in [6.07, 6.45) is 1.44. The number of aldehydes is 1. The third-order valence-corrected chi connectivity index (χ3v) is 2.70. The van der Waals surface area contributed by atoms with Crippen molar-refractivity contribution >= 4 is 17.3 Å². The molecule has 0 aliphatic rings. The van der Waals surface area contributed by atoms with Gasteiger partial charge in [0.25, 0.3) is 0 Å². The largest absolute Gasteiger partial charge is 0.423 e. The first-order valence-electron chi connectivity index (χ1n) is 5.50. The molecule has 0 atom stereocenters. The first kappa shape index (κ1) is 11.6. The Bertz CT molecular complexity index is 608.